The molecule has 0 fully saturated rings. The van der Waals surface area contributed by atoms with Gasteiger partial charge in [-0.1, -0.05) is 0 Å². The van der Waals surface area contributed by atoms with Crippen LogP contribution in [0.1, 0.15) is 0 Å². The molecular formula is AlN2Y. The molecule has 2 nitrogen and oxygen atoms in total. The van der Waals surface area contributed by atoms with Crippen LogP contribution in [-0.2, 0) is 32.7 Å². The summed E-state index contributed by atoms with van der Waals surface area (Å²) in [5, 5.41) is 0. The van der Waals surface area contributed by atoms with Crippen LogP contribution < -0.4 is 0 Å². The van der Waals surface area contributed by atoms with E-state index in [4.69, 9.17) is 0 Å². The fourth-order valence-electron chi connectivity index (χ4n) is 0. The predicted molar refractivity (Wildman–Crippen MR) is 12.5 cm³/mol. The standard InChI is InChI=1S/Al.2N.Y/q+3;2*-3;+3. The number of rotatable bonds is 0. The predicted octanol–water partition coefficient (Wildman–Crippen LogP) is 0.194. The van der Waals surface area contributed by atoms with Gasteiger partial charge >= 0.3 is 50.1 Å². The fourth-order valence-corrected chi connectivity index (χ4v) is 0. The summed E-state index contributed by atoms with van der Waals surface area (Å²) in [4.78, 5) is 0. The van der Waals surface area contributed by atoms with Crippen molar-refractivity contribution in [3.8, 4) is 0 Å². The molecule has 0 N–H and O–H groups in total. The molecule has 0 aromatic heterocycles. The molecule has 0 aromatic carbocycles. The van der Waals surface area contributed by atoms with E-state index in [-0.39, 0.29) is 62.4 Å². The second-order valence-electron chi connectivity index (χ2n) is 0. The van der Waals surface area contributed by atoms with Crippen molar-refractivity contribution in [2.45, 2.75) is 0 Å². The third-order valence-electron chi connectivity index (χ3n) is 0. The van der Waals surface area contributed by atoms with Crippen LogP contribution in [0.5, 0.6) is 0 Å². The van der Waals surface area contributed by atoms with Crippen LogP contribution in [0.2, 0.25) is 0 Å². The Bertz CT molecular complexity index is 6.00. The first-order valence-electron chi connectivity index (χ1n) is 0. The maximum atomic E-state index is 0. The third kappa shape index (κ3) is 9.59. The van der Waals surface area contributed by atoms with Gasteiger partial charge in [0.1, 0.15) is 0 Å². The van der Waals surface area contributed by atoms with Crippen LogP contribution in [0.25, 0.3) is 12.3 Å². The molecule has 0 bridgehead atoms. The van der Waals surface area contributed by atoms with Crippen molar-refractivity contribution in [2.24, 2.45) is 0 Å². The van der Waals surface area contributed by atoms with Gasteiger partial charge in [-0.25, -0.2) is 0 Å². The molecular weight excluding hydrogens is 144 g/mol. The second-order valence-corrected chi connectivity index (χ2v) is 0. The van der Waals surface area contributed by atoms with E-state index in [0.717, 1.165) is 0 Å². The van der Waals surface area contributed by atoms with Gasteiger partial charge in [-0.05, 0) is 0 Å². The van der Waals surface area contributed by atoms with Gasteiger partial charge in [-0.15, -0.1) is 0 Å². The zero-order valence-corrected chi connectivity index (χ0v) is 6.04. The van der Waals surface area contributed by atoms with Gasteiger partial charge < -0.3 is 12.3 Å². The smallest absolute Gasteiger partial charge is 3.00 e. The average Bonchev–Trinajstić information content (AvgIpc) is 0. The van der Waals surface area contributed by atoms with E-state index in [1.54, 1.807) is 0 Å². The zero-order valence-electron chi connectivity index (χ0n) is 2.05. The van der Waals surface area contributed by atoms with Crippen LogP contribution in [-0.4, -0.2) is 17.4 Å². The summed E-state index contributed by atoms with van der Waals surface area (Å²) in [6.45, 7) is 0. The zero-order chi connectivity index (χ0) is 0. The van der Waals surface area contributed by atoms with Gasteiger partial charge in [0, 0.05) is 0 Å². The van der Waals surface area contributed by atoms with Crippen molar-refractivity contribution in [2.75, 3.05) is 0 Å². The van der Waals surface area contributed by atoms with Crippen molar-refractivity contribution in [3.05, 3.63) is 12.3 Å². The van der Waals surface area contributed by atoms with Crippen LogP contribution in [0.3, 0.4) is 0 Å². The molecule has 0 unspecified atom stereocenters. The van der Waals surface area contributed by atoms with E-state index >= 15 is 0 Å². The van der Waals surface area contributed by atoms with E-state index in [0.29, 0.717) is 0 Å². The van der Waals surface area contributed by atoms with Crippen molar-refractivity contribution >= 4 is 17.4 Å². The molecule has 0 aliphatic heterocycles. The molecule has 0 aliphatic carbocycles. The first-order chi connectivity index (χ1) is 0. The van der Waals surface area contributed by atoms with Gasteiger partial charge in [-0.3, -0.25) is 0 Å². The van der Waals surface area contributed by atoms with E-state index in [1.165, 1.54) is 0 Å². The number of hydrogen-bond acceptors (Lipinski definition) is 0. The van der Waals surface area contributed by atoms with Crippen LogP contribution in [0.15, 0.2) is 0 Å². The molecule has 0 amide bonds. The van der Waals surface area contributed by atoms with Crippen molar-refractivity contribution in [1.29, 1.82) is 0 Å². The molecule has 4 heteroatoms. The van der Waals surface area contributed by atoms with Gasteiger partial charge in [0.2, 0.25) is 0 Å². The normalized spacial score (nSPS) is 0. The molecule has 0 aliphatic rings. The van der Waals surface area contributed by atoms with Crippen LogP contribution in [0.4, 0.5) is 0 Å². The molecule has 0 saturated carbocycles. The summed E-state index contributed by atoms with van der Waals surface area (Å²) in [7, 11) is 0. The Morgan fingerprint density at radius 3 is 0.750 bits per heavy atom. The molecule has 0 saturated heterocycles. The average molecular weight is 144 g/mol. The second kappa shape index (κ2) is 23.8. The summed E-state index contributed by atoms with van der Waals surface area (Å²) in [6, 6.07) is 0. The Morgan fingerprint density at radius 2 is 0.750 bits per heavy atom. The van der Waals surface area contributed by atoms with Gasteiger partial charge in [-0.2, -0.15) is 0 Å². The molecule has 0 rings (SSSR count). The first kappa shape index (κ1) is 47.6. The van der Waals surface area contributed by atoms with Gasteiger partial charge in [0.05, 0.1) is 0 Å². The van der Waals surface area contributed by atoms with E-state index in [2.05, 4.69) is 0 Å². The first-order valence-corrected chi connectivity index (χ1v) is 0. The Labute approximate surface area is 61.9 Å². The van der Waals surface area contributed by atoms with Crippen LogP contribution >= 0.6 is 0 Å². The van der Waals surface area contributed by atoms with E-state index in [9.17, 15) is 0 Å². The molecule has 0 aromatic rings. The Morgan fingerprint density at radius 1 is 0.750 bits per heavy atom. The van der Waals surface area contributed by atoms with E-state index < -0.39 is 0 Å². The monoisotopic (exact) mass is 144 g/mol. The molecule has 0 spiro atoms. The largest absolute Gasteiger partial charge is 3.00 e. The SMILES string of the molecule is [Al+3].[N-3].[N-3].[Y+3]. The van der Waals surface area contributed by atoms with Crippen molar-refractivity contribution in [1.82, 2.24) is 0 Å². The topological polar surface area (TPSA) is 61.0 Å². The molecule has 4 heavy (non-hydrogen) atoms. The van der Waals surface area contributed by atoms with Crippen LogP contribution in [0, 0.1) is 0 Å². The maximum Gasteiger partial charge on any atom is 3.00 e. The van der Waals surface area contributed by atoms with Crippen molar-refractivity contribution in [3.63, 3.8) is 0 Å². The minimum Gasteiger partial charge on any atom is -3.00 e. The molecule has 0 heterocycles. The summed E-state index contributed by atoms with van der Waals surface area (Å²) < 4.78 is 0. The minimum atomic E-state index is 0. The Balaban J connectivity index is 0. The molecule has 0 radical (unpaired) electrons. The molecule has 16 valence electrons. The fraction of sp³-hybridized carbons (Fsp3) is 0. The van der Waals surface area contributed by atoms with E-state index in [1.807, 2.05) is 0 Å². The van der Waals surface area contributed by atoms with Gasteiger partial charge in [0.15, 0.2) is 0 Å². The third-order valence-corrected chi connectivity index (χ3v) is 0. The number of nitrogens with zero attached hydrogens (tertiary/aromatic N) is 2. The summed E-state index contributed by atoms with van der Waals surface area (Å²) in [5.74, 6) is 0. The summed E-state index contributed by atoms with van der Waals surface area (Å²) in [5.41, 5.74) is 0. The van der Waals surface area contributed by atoms with Gasteiger partial charge in [0.25, 0.3) is 0 Å². The Hall–Kier alpha value is 1.56. The summed E-state index contributed by atoms with van der Waals surface area (Å²) in [6.07, 6.45) is 0. The Kier molecular flexibility index (Phi) is 283. The molecule has 0 atom stereocenters. The van der Waals surface area contributed by atoms with Crippen molar-refractivity contribution < 1.29 is 32.7 Å². The summed E-state index contributed by atoms with van der Waals surface area (Å²) >= 11 is 0. The minimum absolute atomic E-state index is 0. The quantitative estimate of drug-likeness (QED) is 0.435. The maximum absolute atomic E-state index is 0. The number of hydrogen-bond donors (Lipinski definition) is 0.